The number of hydrogen-bond acceptors (Lipinski definition) is 3. The maximum absolute atomic E-state index is 8.74. The van der Waals surface area contributed by atoms with Crippen LogP contribution >= 0.6 is 12.4 Å². The highest BCUT2D eigenvalue weighted by Gasteiger charge is 1.84. The fourth-order valence-corrected chi connectivity index (χ4v) is 0.760. The summed E-state index contributed by atoms with van der Waals surface area (Å²) in [6.07, 6.45) is 0. The van der Waals surface area contributed by atoms with Gasteiger partial charge in [0.15, 0.2) is 0 Å². The molecule has 0 spiro atoms. The van der Waals surface area contributed by atoms with Crippen molar-refractivity contribution in [2.45, 2.75) is 6.92 Å². The van der Waals surface area contributed by atoms with Gasteiger partial charge in [-0.05, 0) is 19.1 Å². The first-order valence-corrected chi connectivity index (χ1v) is 5.32. The highest BCUT2D eigenvalue weighted by Crippen LogP contribution is 2.02. The minimum atomic E-state index is -4.67. The van der Waals surface area contributed by atoms with Crippen molar-refractivity contribution < 1.29 is 23.0 Å². The van der Waals surface area contributed by atoms with E-state index in [0.29, 0.717) is 0 Å². The van der Waals surface area contributed by atoms with E-state index in [9.17, 15) is 0 Å². The van der Waals surface area contributed by atoms with Gasteiger partial charge in [0.1, 0.15) is 0 Å². The van der Waals surface area contributed by atoms with E-state index in [1.807, 2.05) is 18.2 Å². The molecule has 5 N–H and O–H groups in total. The lowest BCUT2D eigenvalue weighted by molar-refractivity contribution is 0.381. The van der Waals surface area contributed by atoms with Gasteiger partial charge in [-0.25, -0.2) is 0 Å². The molecule has 0 heterocycles. The molecule has 0 aliphatic carbocycles. The van der Waals surface area contributed by atoms with Crippen LogP contribution in [0.1, 0.15) is 6.92 Å². The second-order valence-corrected chi connectivity index (χ2v) is 3.24. The van der Waals surface area contributed by atoms with Crippen LogP contribution in [0.25, 0.3) is 0 Å². The molecule has 0 bridgehead atoms. The molecule has 1 rings (SSSR count). The Morgan fingerprint density at radius 2 is 1.56 bits per heavy atom. The maximum atomic E-state index is 8.74. The van der Waals surface area contributed by atoms with Crippen LogP contribution in [0.2, 0.25) is 0 Å². The molecule has 0 atom stereocenters. The molecule has 0 aliphatic rings. The fraction of sp³-hybridized carbons (Fsp3) is 0.250. The topological polar surface area (TPSA) is 118 Å². The van der Waals surface area contributed by atoms with Crippen LogP contribution in [-0.4, -0.2) is 29.5 Å². The van der Waals surface area contributed by atoms with Crippen molar-refractivity contribution in [1.29, 1.82) is 0 Å². The van der Waals surface area contributed by atoms with Crippen LogP contribution in [0.5, 0.6) is 0 Å². The highest BCUT2D eigenvalue weighted by molar-refractivity contribution is 7.79. The van der Waals surface area contributed by atoms with Gasteiger partial charge in [-0.2, -0.15) is 8.42 Å². The summed E-state index contributed by atoms with van der Waals surface area (Å²) in [5.74, 6) is 0. The zero-order valence-electron chi connectivity index (χ0n) is 8.62. The lowest BCUT2D eigenvalue weighted by atomic mass is 10.3. The molecular formula is C8H16ClNO5S. The van der Waals surface area contributed by atoms with Crippen molar-refractivity contribution in [3.8, 4) is 0 Å². The quantitative estimate of drug-likeness (QED) is 0.696. The van der Waals surface area contributed by atoms with Crippen LogP contribution in [0.3, 0.4) is 0 Å². The normalized spacial score (nSPS) is 8.69. The van der Waals surface area contributed by atoms with Crippen LogP contribution in [0.4, 0.5) is 5.69 Å². The van der Waals surface area contributed by atoms with Crippen molar-refractivity contribution in [2.75, 3.05) is 11.9 Å². The lowest BCUT2D eigenvalue weighted by Gasteiger charge is -1.99. The molecule has 0 aliphatic heterocycles. The molecule has 1 aromatic carbocycles. The number of anilines is 1. The molecule has 0 unspecified atom stereocenters. The Morgan fingerprint density at radius 1 is 1.19 bits per heavy atom. The van der Waals surface area contributed by atoms with E-state index in [2.05, 4.69) is 24.4 Å². The van der Waals surface area contributed by atoms with Crippen molar-refractivity contribution in [2.24, 2.45) is 0 Å². The van der Waals surface area contributed by atoms with Gasteiger partial charge in [0.25, 0.3) is 0 Å². The molecule has 0 radical (unpaired) electrons. The number of para-hydroxylation sites is 1. The molecule has 0 saturated heterocycles. The van der Waals surface area contributed by atoms with Gasteiger partial charge in [-0.15, -0.1) is 12.4 Å². The van der Waals surface area contributed by atoms with E-state index in [4.69, 9.17) is 17.5 Å². The maximum Gasteiger partial charge on any atom is 0.394 e. The third kappa shape index (κ3) is 18.8. The summed E-state index contributed by atoms with van der Waals surface area (Å²) in [4.78, 5) is 0. The van der Waals surface area contributed by atoms with Crippen LogP contribution in [0.15, 0.2) is 30.3 Å². The van der Waals surface area contributed by atoms with Crippen molar-refractivity contribution in [3.63, 3.8) is 0 Å². The van der Waals surface area contributed by atoms with Crippen LogP contribution in [0, 0.1) is 0 Å². The van der Waals surface area contributed by atoms with E-state index in [1.165, 1.54) is 5.69 Å². The minimum absolute atomic E-state index is 0. The predicted molar refractivity (Wildman–Crippen MR) is 65.6 cm³/mol. The van der Waals surface area contributed by atoms with Crippen molar-refractivity contribution in [1.82, 2.24) is 0 Å². The zero-order chi connectivity index (χ0) is 11.0. The summed E-state index contributed by atoms with van der Waals surface area (Å²) in [7, 11) is -4.67. The molecule has 0 saturated carbocycles. The summed E-state index contributed by atoms with van der Waals surface area (Å²) in [5, 5.41) is 3.21. The highest BCUT2D eigenvalue weighted by atomic mass is 35.5. The molecule has 16 heavy (non-hydrogen) atoms. The Balaban J connectivity index is -0.000000214. The Kier molecular flexibility index (Phi) is 13.7. The van der Waals surface area contributed by atoms with Gasteiger partial charge in [0, 0.05) is 12.2 Å². The Labute approximate surface area is 101 Å². The van der Waals surface area contributed by atoms with Gasteiger partial charge >= 0.3 is 10.4 Å². The van der Waals surface area contributed by atoms with E-state index in [1.54, 1.807) is 0 Å². The second-order valence-electron chi connectivity index (χ2n) is 2.34. The summed E-state index contributed by atoms with van der Waals surface area (Å²) >= 11 is 0. The molecule has 6 nitrogen and oxygen atoms in total. The van der Waals surface area contributed by atoms with Gasteiger partial charge < -0.3 is 10.8 Å². The summed E-state index contributed by atoms with van der Waals surface area (Å²) in [6.45, 7) is 3.08. The second kappa shape index (κ2) is 10.7. The Bertz CT molecular complexity index is 335. The zero-order valence-corrected chi connectivity index (χ0v) is 10.3. The number of benzene rings is 1. The van der Waals surface area contributed by atoms with Gasteiger partial charge in [0.2, 0.25) is 0 Å². The third-order valence-electron chi connectivity index (χ3n) is 1.15. The Hall–Kier alpha value is -0.860. The average Bonchev–Trinajstić information content (AvgIpc) is 2.03. The first-order chi connectivity index (χ1) is 6.43. The molecule has 8 heteroatoms. The predicted octanol–water partition coefficient (Wildman–Crippen LogP) is 1.06. The van der Waals surface area contributed by atoms with E-state index < -0.39 is 10.4 Å². The van der Waals surface area contributed by atoms with Gasteiger partial charge in [-0.1, -0.05) is 18.2 Å². The van der Waals surface area contributed by atoms with Gasteiger partial charge in [0.05, 0.1) is 0 Å². The Morgan fingerprint density at radius 3 is 1.88 bits per heavy atom. The molecule has 96 valence electrons. The monoisotopic (exact) mass is 273 g/mol. The van der Waals surface area contributed by atoms with E-state index >= 15 is 0 Å². The summed E-state index contributed by atoms with van der Waals surface area (Å²) in [6, 6.07) is 10.2. The average molecular weight is 274 g/mol. The SMILES string of the molecule is CCNc1ccccc1.Cl.O.O=S(=O)(O)O. The third-order valence-corrected chi connectivity index (χ3v) is 1.15. The first kappa shape index (κ1) is 20.5. The van der Waals surface area contributed by atoms with Crippen LogP contribution < -0.4 is 5.32 Å². The molecule has 0 amide bonds. The molecular weight excluding hydrogens is 258 g/mol. The van der Waals surface area contributed by atoms with Crippen LogP contribution in [-0.2, 0) is 10.4 Å². The summed E-state index contributed by atoms with van der Waals surface area (Å²) < 4.78 is 31.6. The fourth-order valence-electron chi connectivity index (χ4n) is 0.760. The molecule has 1 aromatic rings. The minimum Gasteiger partial charge on any atom is -0.412 e. The smallest absolute Gasteiger partial charge is 0.394 e. The van der Waals surface area contributed by atoms with E-state index in [0.717, 1.165) is 6.54 Å². The first-order valence-electron chi connectivity index (χ1n) is 3.92. The van der Waals surface area contributed by atoms with Crippen molar-refractivity contribution in [3.05, 3.63) is 30.3 Å². The van der Waals surface area contributed by atoms with E-state index in [-0.39, 0.29) is 17.9 Å². The van der Waals surface area contributed by atoms with Gasteiger partial charge in [-0.3, -0.25) is 9.11 Å². The number of halogens is 1. The standard InChI is InChI=1S/C8H11N.ClH.H2O4S.H2O/c1-2-9-8-6-4-3-5-7-8;;1-5(2,3)4;/h3-7,9H,2H2,1H3;1H;(H2,1,2,3,4);1H2. The largest absolute Gasteiger partial charge is 0.412 e. The van der Waals surface area contributed by atoms with Crippen molar-refractivity contribution >= 4 is 28.5 Å². The number of nitrogens with one attached hydrogen (secondary N) is 1. The molecule has 0 aromatic heterocycles. The summed E-state index contributed by atoms with van der Waals surface area (Å²) in [5.41, 5.74) is 1.19. The number of hydrogen-bond donors (Lipinski definition) is 3. The molecule has 0 fully saturated rings. The number of rotatable bonds is 2. The lowest BCUT2D eigenvalue weighted by Crippen LogP contribution is -1.94.